The molecule has 0 aliphatic heterocycles. The number of aromatic nitrogens is 2. The van der Waals surface area contributed by atoms with Gasteiger partial charge in [0.05, 0.1) is 10.0 Å². The lowest BCUT2D eigenvalue weighted by atomic mass is 10.1. The molecule has 7 nitrogen and oxygen atoms in total. The maximum atomic E-state index is 13.4. The summed E-state index contributed by atoms with van der Waals surface area (Å²) in [6, 6.07) is 4.40. The highest BCUT2D eigenvalue weighted by atomic mass is 35.5. The summed E-state index contributed by atoms with van der Waals surface area (Å²) in [5, 5.41) is 0.583. The molecule has 0 unspecified atom stereocenters. The van der Waals surface area contributed by atoms with Gasteiger partial charge in [-0.15, -0.1) is 0 Å². The van der Waals surface area contributed by atoms with E-state index in [1.165, 1.54) is 15.5 Å². The third kappa shape index (κ3) is 4.36. The highest BCUT2D eigenvalue weighted by Crippen LogP contribution is 2.32. The normalized spacial score (nSPS) is 14.3. The molecule has 1 aliphatic carbocycles. The standard InChI is InChI=1S/C20H24Cl2N4O3/c1-2-3-10-25-17(23)16(18(27)24-20(25)29)26(13-6-4-5-7-13)19(28)12-8-9-14(21)15(22)11-12/h8-9,11,13H,2-7,10,23H2,1H3,(H,24,27,29). The SMILES string of the molecule is CCCCn1c(N)c(N(C(=O)c2ccc(Cl)c(Cl)c2)C2CCCC2)c(=O)[nH]c1=O. The van der Waals surface area contributed by atoms with Gasteiger partial charge < -0.3 is 5.73 Å². The monoisotopic (exact) mass is 438 g/mol. The molecule has 1 aromatic carbocycles. The van der Waals surface area contributed by atoms with Gasteiger partial charge in [-0.3, -0.25) is 24.0 Å². The van der Waals surface area contributed by atoms with Gasteiger partial charge in [-0.05, 0) is 37.5 Å². The number of unbranched alkanes of at least 4 members (excludes halogenated alkanes) is 1. The number of anilines is 2. The quantitative estimate of drug-likeness (QED) is 0.715. The van der Waals surface area contributed by atoms with Gasteiger partial charge in [-0.2, -0.15) is 0 Å². The van der Waals surface area contributed by atoms with Crippen molar-refractivity contribution in [3.8, 4) is 0 Å². The molecule has 0 saturated heterocycles. The molecule has 3 rings (SSSR count). The van der Waals surface area contributed by atoms with E-state index < -0.39 is 17.2 Å². The average molecular weight is 439 g/mol. The highest BCUT2D eigenvalue weighted by molar-refractivity contribution is 6.42. The minimum atomic E-state index is -0.666. The molecule has 156 valence electrons. The Kier molecular flexibility index (Phi) is 6.70. The molecule has 1 heterocycles. The number of nitrogens with two attached hydrogens (primary N) is 1. The molecule has 1 fully saturated rings. The Labute approximate surface area is 178 Å². The number of halogens is 2. The van der Waals surface area contributed by atoms with Crippen LogP contribution in [0, 0.1) is 0 Å². The van der Waals surface area contributed by atoms with Gasteiger partial charge in [0.2, 0.25) is 0 Å². The third-order valence-corrected chi connectivity index (χ3v) is 6.00. The number of nitrogens with zero attached hydrogens (tertiary/aromatic N) is 2. The van der Waals surface area contributed by atoms with Crippen molar-refractivity contribution in [2.45, 2.75) is 58.0 Å². The van der Waals surface area contributed by atoms with E-state index in [4.69, 9.17) is 28.9 Å². The topological polar surface area (TPSA) is 101 Å². The van der Waals surface area contributed by atoms with Crippen molar-refractivity contribution >= 4 is 40.6 Å². The Balaban J connectivity index is 2.15. The van der Waals surface area contributed by atoms with Gasteiger partial charge in [0, 0.05) is 18.2 Å². The number of H-pyrrole nitrogens is 1. The minimum Gasteiger partial charge on any atom is -0.383 e. The van der Waals surface area contributed by atoms with Crippen molar-refractivity contribution in [3.63, 3.8) is 0 Å². The largest absolute Gasteiger partial charge is 0.383 e. The molecular formula is C20H24Cl2N4O3. The molecular weight excluding hydrogens is 415 g/mol. The number of hydrogen-bond acceptors (Lipinski definition) is 4. The lowest BCUT2D eigenvalue weighted by molar-refractivity contribution is 0.0976. The lowest BCUT2D eigenvalue weighted by Crippen LogP contribution is -2.45. The van der Waals surface area contributed by atoms with Crippen LogP contribution in [-0.2, 0) is 6.54 Å². The van der Waals surface area contributed by atoms with E-state index in [0.717, 1.165) is 38.5 Å². The summed E-state index contributed by atoms with van der Waals surface area (Å²) in [6.45, 7) is 2.36. The van der Waals surface area contributed by atoms with Crippen molar-refractivity contribution in [1.29, 1.82) is 0 Å². The first kappa shape index (κ1) is 21.5. The Bertz CT molecular complexity index is 1030. The van der Waals surface area contributed by atoms with Crippen LogP contribution in [0.4, 0.5) is 11.5 Å². The zero-order valence-corrected chi connectivity index (χ0v) is 17.7. The molecule has 29 heavy (non-hydrogen) atoms. The molecule has 0 radical (unpaired) electrons. The van der Waals surface area contributed by atoms with Crippen LogP contribution in [0.25, 0.3) is 0 Å². The fourth-order valence-corrected chi connectivity index (χ4v) is 4.03. The van der Waals surface area contributed by atoms with Crippen LogP contribution in [0.1, 0.15) is 55.8 Å². The number of nitrogen functional groups attached to an aromatic ring is 1. The van der Waals surface area contributed by atoms with Gasteiger partial charge in [0.25, 0.3) is 11.5 Å². The second kappa shape index (κ2) is 9.05. The number of hydrogen-bond donors (Lipinski definition) is 2. The van der Waals surface area contributed by atoms with E-state index in [1.54, 1.807) is 12.1 Å². The molecule has 3 N–H and O–H groups in total. The first-order chi connectivity index (χ1) is 13.8. The summed E-state index contributed by atoms with van der Waals surface area (Å²) >= 11 is 12.1. The first-order valence-electron chi connectivity index (χ1n) is 9.76. The number of carbonyl (C=O) groups is 1. The first-order valence-corrected chi connectivity index (χ1v) is 10.5. The summed E-state index contributed by atoms with van der Waals surface area (Å²) in [6.07, 6.45) is 4.97. The average Bonchev–Trinajstić information content (AvgIpc) is 3.20. The third-order valence-electron chi connectivity index (χ3n) is 5.27. The molecule has 1 saturated carbocycles. The number of amides is 1. The van der Waals surface area contributed by atoms with Crippen LogP contribution < -0.4 is 21.9 Å². The number of benzene rings is 1. The number of rotatable bonds is 6. The predicted octanol–water partition coefficient (Wildman–Crippen LogP) is 3.82. The zero-order valence-electron chi connectivity index (χ0n) is 16.2. The Hall–Kier alpha value is -2.25. The summed E-state index contributed by atoms with van der Waals surface area (Å²) < 4.78 is 1.32. The molecule has 1 amide bonds. The van der Waals surface area contributed by atoms with Crippen molar-refractivity contribution in [2.75, 3.05) is 10.6 Å². The van der Waals surface area contributed by atoms with Crippen LogP contribution in [0.5, 0.6) is 0 Å². The maximum absolute atomic E-state index is 13.4. The molecule has 2 aromatic rings. The number of carbonyl (C=O) groups excluding carboxylic acids is 1. The fraction of sp³-hybridized carbons (Fsp3) is 0.450. The van der Waals surface area contributed by atoms with Crippen LogP contribution in [-0.4, -0.2) is 21.5 Å². The maximum Gasteiger partial charge on any atom is 0.330 e. The van der Waals surface area contributed by atoms with Crippen molar-refractivity contribution < 1.29 is 4.79 Å². The minimum absolute atomic E-state index is 0.00695. The number of nitrogens with one attached hydrogen (secondary N) is 1. The summed E-state index contributed by atoms with van der Waals surface area (Å²) in [5.74, 6) is -0.388. The van der Waals surface area contributed by atoms with E-state index in [1.807, 2.05) is 6.92 Å². The highest BCUT2D eigenvalue weighted by Gasteiger charge is 2.33. The molecule has 0 atom stereocenters. The van der Waals surface area contributed by atoms with Gasteiger partial charge in [0.1, 0.15) is 5.82 Å². The predicted molar refractivity (Wildman–Crippen MR) is 116 cm³/mol. The van der Waals surface area contributed by atoms with Crippen molar-refractivity contribution in [1.82, 2.24) is 9.55 Å². The summed E-state index contributed by atoms with van der Waals surface area (Å²) in [4.78, 5) is 42.2. The molecule has 1 aromatic heterocycles. The van der Waals surface area contributed by atoms with Crippen LogP contribution in [0.3, 0.4) is 0 Å². The molecule has 0 bridgehead atoms. The number of aromatic amines is 1. The van der Waals surface area contributed by atoms with Crippen LogP contribution in [0.15, 0.2) is 27.8 Å². The van der Waals surface area contributed by atoms with E-state index in [0.29, 0.717) is 17.1 Å². The van der Waals surface area contributed by atoms with Gasteiger partial charge >= 0.3 is 5.69 Å². The van der Waals surface area contributed by atoms with Gasteiger partial charge in [-0.1, -0.05) is 49.4 Å². The smallest absolute Gasteiger partial charge is 0.330 e. The van der Waals surface area contributed by atoms with Crippen molar-refractivity contribution in [2.24, 2.45) is 0 Å². The zero-order chi connectivity index (χ0) is 21.1. The molecule has 1 aliphatic rings. The van der Waals surface area contributed by atoms with Crippen molar-refractivity contribution in [3.05, 3.63) is 54.6 Å². The van der Waals surface area contributed by atoms with Crippen LogP contribution in [0.2, 0.25) is 10.0 Å². The second-order valence-electron chi connectivity index (χ2n) is 7.24. The van der Waals surface area contributed by atoms with Gasteiger partial charge in [-0.25, -0.2) is 4.79 Å². The van der Waals surface area contributed by atoms with Crippen LogP contribution >= 0.6 is 23.2 Å². The Morgan fingerprint density at radius 3 is 2.55 bits per heavy atom. The fourth-order valence-electron chi connectivity index (χ4n) is 3.73. The summed E-state index contributed by atoms with van der Waals surface area (Å²) in [7, 11) is 0. The Morgan fingerprint density at radius 2 is 1.93 bits per heavy atom. The van der Waals surface area contributed by atoms with E-state index in [2.05, 4.69) is 4.98 Å². The van der Waals surface area contributed by atoms with E-state index >= 15 is 0 Å². The lowest BCUT2D eigenvalue weighted by Gasteiger charge is -2.30. The van der Waals surface area contributed by atoms with Gasteiger partial charge in [0.15, 0.2) is 5.69 Å². The second-order valence-corrected chi connectivity index (χ2v) is 8.06. The van der Waals surface area contributed by atoms with E-state index in [-0.39, 0.29) is 22.6 Å². The molecule has 9 heteroatoms. The Morgan fingerprint density at radius 1 is 1.24 bits per heavy atom. The van der Waals surface area contributed by atoms with E-state index in [9.17, 15) is 14.4 Å². The molecule has 0 spiro atoms. The summed E-state index contributed by atoms with van der Waals surface area (Å²) in [5.41, 5.74) is 5.35.